The third-order valence-electron chi connectivity index (χ3n) is 5.07. The van der Waals surface area contributed by atoms with Crippen LogP contribution in [-0.4, -0.2) is 27.5 Å². The van der Waals surface area contributed by atoms with E-state index in [2.05, 4.69) is 10.2 Å². The first-order chi connectivity index (χ1) is 11.1. The summed E-state index contributed by atoms with van der Waals surface area (Å²) < 4.78 is 14.1. The van der Waals surface area contributed by atoms with Gasteiger partial charge in [0.05, 0.1) is 6.20 Å². The minimum atomic E-state index is -0.309. The lowest BCUT2D eigenvalue weighted by molar-refractivity contribution is -0.140. The zero-order valence-electron chi connectivity index (χ0n) is 12.6. The van der Waals surface area contributed by atoms with Crippen LogP contribution in [0.1, 0.15) is 35.6 Å². The topological polar surface area (TPSA) is 49.0 Å². The second kappa shape index (κ2) is 5.64. The van der Waals surface area contributed by atoms with Crippen LogP contribution in [0.4, 0.5) is 4.39 Å². The van der Waals surface area contributed by atoms with Crippen molar-refractivity contribution in [1.82, 2.24) is 15.1 Å². The summed E-state index contributed by atoms with van der Waals surface area (Å²) in [4.78, 5) is 14.7. The third kappa shape index (κ3) is 2.53. The maximum atomic E-state index is 14.1. The van der Waals surface area contributed by atoms with Crippen molar-refractivity contribution in [2.24, 2.45) is 5.92 Å². The Bertz CT molecular complexity index is 760. The monoisotopic (exact) mass is 333 g/mol. The van der Waals surface area contributed by atoms with Crippen molar-refractivity contribution in [1.29, 1.82) is 0 Å². The van der Waals surface area contributed by atoms with Crippen molar-refractivity contribution in [3.8, 4) is 0 Å². The van der Waals surface area contributed by atoms with Crippen molar-refractivity contribution in [3.63, 3.8) is 0 Å². The third-order valence-corrected chi connectivity index (χ3v) is 5.30. The second-order valence-corrected chi connectivity index (χ2v) is 6.78. The molecule has 2 unspecified atom stereocenters. The van der Waals surface area contributed by atoms with Crippen LogP contribution in [0.15, 0.2) is 24.4 Å². The Morgan fingerprint density at radius 3 is 3.00 bits per heavy atom. The summed E-state index contributed by atoms with van der Waals surface area (Å²) in [6.07, 6.45) is 4.25. The average Bonchev–Trinajstić information content (AvgIpc) is 2.96. The standard InChI is InChI=1S/C17H17ClFN3O/c18-11-1-2-13(15(19)7-11)12-3-4-14(12)17(23)22-6-5-16-10(9-22)8-20-21-16/h1-2,7-8,12,14H,3-6,9H2,(H,20,21). The van der Waals surface area contributed by atoms with Crippen LogP contribution >= 0.6 is 11.6 Å². The van der Waals surface area contributed by atoms with Gasteiger partial charge >= 0.3 is 0 Å². The number of nitrogens with zero attached hydrogens (tertiary/aromatic N) is 2. The van der Waals surface area contributed by atoms with Crippen molar-refractivity contribution in [2.45, 2.75) is 31.7 Å². The van der Waals surface area contributed by atoms with E-state index in [0.717, 1.165) is 30.5 Å². The molecule has 2 aliphatic rings. The average molecular weight is 334 g/mol. The number of carbonyl (C=O) groups excluding carboxylic acids is 1. The molecule has 4 nitrogen and oxygen atoms in total. The summed E-state index contributed by atoms with van der Waals surface area (Å²) >= 11 is 5.82. The van der Waals surface area contributed by atoms with Gasteiger partial charge in [0.1, 0.15) is 5.82 Å². The van der Waals surface area contributed by atoms with Crippen LogP contribution in [0.2, 0.25) is 5.02 Å². The summed E-state index contributed by atoms with van der Waals surface area (Å²) in [5.74, 6) is -0.345. The van der Waals surface area contributed by atoms with Gasteiger partial charge in [-0.15, -0.1) is 0 Å². The van der Waals surface area contributed by atoms with Gasteiger partial charge in [-0.3, -0.25) is 9.89 Å². The van der Waals surface area contributed by atoms with Crippen molar-refractivity contribution in [3.05, 3.63) is 52.1 Å². The van der Waals surface area contributed by atoms with Crippen LogP contribution in [0.3, 0.4) is 0 Å². The number of fused-ring (bicyclic) bond motifs is 1. The quantitative estimate of drug-likeness (QED) is 0.917. The number of benzene rings is 1. The molecule has 1 fully saturated rings. The lowest BCUT2D eigenvalue weighted by atomic mass is 9.69. The molecule has 1 aromatic heterocycles. The number of aromatic amines is 1. The summed E-state index contributed by atoms with van der Waals surface area (Å²) in [6.45, 7) is 1.29. The van der Waals surface area contributed by atoms with E-state index >= 15 is 0 Å². The SMILES string of the molecule is O=C(C1CCC1c1ccc(Cl)cc1F)N1CCc2[nH]ncc2C1. The molecule has 1 saturated carbocycles. The van der Waals surface area contributed by atoms with Gasteiger partial charge in [-0.1, -0.05) is 17.7 Å². The molecule has 0 saturated heterocycles. The van der Waals surface area contributed by atoms with Crippen molar-refractivity contribution in [2.75, 3.05) is 6.54 Å². The van der Waals surface area contributed by atoms with E-state index in [1.807, 2.05) is 4.90 Å². The van der Waals surface area contributed by atoms with Crippen LogP contribution in [0.25, 0.3) is 0 Å². The Hall–Kier alpha value is -1.88. The van der Waals surface area contributed by atoms with E-state index in [9.17, 15) is 9.18 Å². The molecule has 23 heavy (non-hydrogen) atoms. The molecule has 1 aliphatic carbocycles. The van der Waals surface area contributed by atoms with Gasteiger partial charge in [-0.2, -0.15) is 5.10 Å². The normalized spacial score (nSPS) is 23.3. The first-order valence-corrected chi connectivity index (χ1v) is 8.26. The number of halogens is 2. The smallest absolute Gasteiger partial charge is 0.226 e. The Kier molecular flexibility index (Phi) is 3.60. The predicted molar refractivity (Wildman–Crippen MR) is 84.6 cm³/mol. The number of nitrogens with one attached hydrogen (secondary N) is 1. The van der Waals surface area contributed by atoms with Gasteiger partial charge in [0.15, 0.2) is 0 Å². The fourth-order valence-corrected chi connectivity index (χ4v) is 3.77. The highest BCUT2D eigenvalue weighted by Gasteiger charge is 2.41. The van der Waals surface area contributed by atoms with Gasteiger partial charge in [0.25, 0.3) is 0 Å². The number of rotatable bonds is 2. The highest BCUT2D eigenvalue weighted by molar-refractivity contribution is 6.30. The molecule has 1 amide bonds. The van der Waals surface area contributed by atoms with Gasteiger partial charge in [-0.05, 0) is 36.5 Å². The highest BCUT2D eigenvalue weighted by atomic mass is 35.5. The van der Waals surface area contributed by atoms with Gasteiger partial charge in [0.2, 0.25) is 5.91 Å². The van der Waals surface area contributed by atoms with Crippen molar-refractivity contribution < 1.29 is 9.18 Å². The van der Waals surface area contributed by atoms with Gasteiger partial charge < -0.3 is 4.90 Å². The number of amides is 1. The number of hydrogen-bond acceptors (Lipinski definition) is 2. The van der Waals surface area contributed by atoms with Crippen LogP contribution < -0.4 is 0 Å². The van der Waals surface area contributed by atoms with Crippen molar-refractivity contribution >= 4 is 17.5 Å². The summed E-state index contributed by atoms with van der Waals surface area (Å²) in [7, 11) is 0. The Morgan fingerprint density at radius 2 is 2.26 bits per heavy atom. The van der Waals surface area contributed by atoms with Crippen LogP contribution in [-0.2, 0) is 17.8 Å². The first kappa shape index (κ1) is 14.7. The lowest BCUT2D eigenvalue weighted by Gasteiger charge is -2.40. The molecule has 6 heteroatoms. The summed E-state index contributed by atoms with van der Waals surface area (Å²) in [5, 5.41) is 7.39. The lowest BCUT2D eigenvalue weighted by Crippen LogP contribution is -2.44. The number of H-pyrrole nitrogens is 1. The maximum Gasteiger partial charge on any atom is 0.226 e. The zero-order chi connectivity index (χ0) is 16.0. The van der Waals surface area contributed by atoms with Crippen LogP contribution in [0, 0.1) is 11.7 Å². The summed E-state index contributed by atoms with van der Waals surface area (Å²) in [5.41, 5.74) is 2.81. The Morgan fingerprint density at radius 1 is 1.39 bits per heavy atom. The first-order valence-electron chi connectivity index (χ1n) is 7.88. The maximum absolute atomic E-state index is 14.1. The van der Waals surface area contributed by atoms with E-state index in [-0.39, 0.29) is 23.6 Å². The molecule has 1 aromatic carbocycles. The fourth-order valence-electron chi connectivity index (χ4n) is 3.61. The minimum Gasteiger partial charge on any atom is -0.338 e. The zero-order valence-corrected chi connectivity index (χ0v) is 13.3. The number of aromatic nitrogens is 2. The van der Waals surface area contributed by atoms with Gasteiger partial charge in [0, 0.05) is 41.7 Å². The molecule has 0 radical (unpaired) electrons. The van der Waals surface area contributed by atoms with Crippen LogP contribution in [0.5, 0.6) is 0 Å². The Labute approximate surface area is 138 Å². The highest BCUT2D eigenvalue weighted by Crippen LogP contribution is 2.45. The van der Waals surface area contributed by atoms with E-state index in [4.69, 9.17) is 11.6 Å². The Balaban J connectivity index is 1.51. The molecule has 2 heterocycles. The largest absolute Gasteiger partial charge is 0.338 e. The molecule has 1 aliphatic heterocycles. The molecular weight excluding hydrogens is 317 g/mol. The van der Waals surface area contributed by atoms with E-state index in [1.165, 1.54) is 6.07 Å². The molecule has 0 spiro atoms. The minimum absolute atomic E-state index is 0.0366. The molecule has 120 valence electrons. The number of carbonyl (C=O) groups is 1. The number of hydrogen-bond donors (Lipinski definition) is 1. The molecule has 1 N–H and O–H groups in total. The van der Waals surface area contributed by atoms with E-state index < -0.39 is 0 Å². The summed E-state index contributed by atoms with van der Waals surface area (Å²) in [6, 6.07) is 4.74. The molecule has 2 aromatic rings. The molecular formula is C17H17ClFN3O. The fraction of sp³-hybridized carbons (Fsp3) is 0.412. The molecule has 0 bridgehead atoms. The molecule has 2 atom stereocenters. The molecule has 4 rings (SSSR count). The van der Waals surface area contributed by atoms with E-state index in [1.54, 1.807) is 18.3 Å². The van der Waals surface area contributed by atoms with E-state index in [0.29, 0.717) is 23.7 Å². The predicted octanol–water partition coefficient (Wildman–Crippen LogP) is 3.28. The van der Waals surface area contributed by atoms with Gasteiger partial charge in [-0.25, -0.2) is 4.39 Å². The second-order valence-electron chi connectivity index (χ2n) is 6.34.